The van der Waals surface area contributed by atoms with E-state index in [1.54, 1.807) is 11.9 Å². The number of benzene rings is 2. The number of hydrogen-bond donors (Lipinski definition) is 0. The summed E-state index contributed by atoms with van der Waals surface area (Å²) < 4.78 is 7.02. The summed E-state index contributed by atoms with van der Waals surface area (Å²) in [6, 6.07) is 10.1. The number of aryl methyl sites for hydroxylation is 3. The minimum atomic E-state index is 0.0803. The third kappa shape index (κ3) is 3.99. The first kappa shape index (κ1) is 18.5. The van der Waals surface area contributed by atoms with Crippen LogP contribution in [-0.4, -0.2) is 13.0 Å². The molecule has 0 aliphatic heterocycles. The van der Waals surface area contributed by atoms with Crippen LogP contribution in [0.3, 0.4) is 0 Å². The van der Waals surface area contributed by atoms with E-state index >= 15 is 0 Å². The summed E-state index contributed by atoms with van der Waals surface area (Å²) >= 11 is 3.59. The van der Waals surface area contributed by atoms with Crippen LogP contribution in [0.15, 0.2) is 34.8 Å². The maximum absolute atomic E-state index is 12.1. The van der Waals surface area contributed by atoms with Crippen LogP contribution in [0, 0.1) is 20.8 Å². The monoisotopic (exact) mass is 389 g/mol. The molecule has 0 aliphatic rings. The van der Waals surface area contributed by atoms with Crippen LogP contribution in [0.2, 0.25) is 0 Å². The van der Waals surface area contributed by atoms with Crippen LogP contribution in [0.4, 0.5) is 5.69 Å². The molecule has 1 amide bonds. The van der Waals surface area contributed by atoms with Gasteiger partial charge in [-0.05, 0) is 55.7 Å². The van der Waals surface area contributed by atoms with Crippen LogP contribution in [0.5, 0.6) is 5.75 Å². The van der Waals surface area contributed by atoms with Gasteiger partial charge in [-0.2, -0.15) is 0 Å². The molecular weight excluding hydrogens is 366 g/mol. The Bertz CT molecular complexity index is 756. The fraction of sp³-hybridized carbons (Fsp3) is 0.350. The lowest BCUT2D eigenvalue weighted by Gasteiger charge is -2.22. The highest BCUT2D eigenvalue weighted by Gasteiger charge is 2.16. The Labute approximate surface area is 152 Å². The van der Waals surface area contributed by atoms with Crippen LogP contribution in [0.25, 0.3) is 0 Å². The molecule has 2 aromatic rings. The Hall–Kier alpha value is -1.81. The van der Waals surface area contributed by atoms with Crippen LogP contribution >= 0.6 is 15.9 Å². The molecule has 0 spiro atoms. The summed E-state index contributed by atoms with van der Waals surface area (Å²) in [6.45, 7) is 8.50. The predicted molar refractivity (Wildman–Crippen MR) is 103 cm³/mol. The Morgan fingerprint density at radius 1 is 1.12 bits per heavy atom. The molecule has 0 heterocycles. The van der Waals surface area contributed by atoms with Crippen molar-refractivity contribution in [3.05, 3.63) is 57.1 Å². The van der Waals surface area contributed by atoms with Gasteiger partial charge in [-0.15, -0.1) is 0 Å². The molecule has 2 aromatic carbocycles. The smallest absolute Gasteiger partial charge is 0.226 e. The number of carbonyl (C=O) groups is 1. The van der Waals surface area contributed by atoms with E-state index in [0.29, 0.717) is 13.0 Å². The SMILES string of the molecule is CCC(=O)N(C)c1cccc(Br)c1COc1cc(C)c(C)cc1C. The number of rotatable bonds is 5. The Kier molecular flexibility index (Phi) is 6.05. The van der Waals surface area contributed by atoms with Crippen LogP contribution in [0.1, 0.15) is 35.6 Å². The van der Waals surface area contributed by atoms with Crippen molar-refractivity contribution < 1.29 is 9.53 Å². The lowest BCUT2D eigenvalue weighted by atomic mass is 10.1. The molecule has 24 heavy (non-hydrogen) atoms. The molecule has 4 heteroatoms. The third-order valence-corrected chi connectivity index (χ3v) is 5.04. The minimum absolute atomic E-state index is 0.0803. The molecule has 0 N–H and O–H groups in total. The predicted octanol–water partition coefficient (Wildman–Crippen LogP) is 5.33. The molecule has 0 saturated carbocycles. The summed E-state index contributed by atoms with van der Waals surface area (Å²) in [7, 11) is 1.80. The van der Waals surface area contributed by atoms with Crippen molar-refractivity contribution in [2.75, 3.05) is 11.9 Å². The number of hydrogen-bond acceptors (Lipinski definition) is 2. The van der Waals surface area contributed by atoms with Crippen molar-refractivity contribution in [1.29, 1.82) is 0 Å². The number of nitrogens with zero attached hydrogens (tertiary/aromatic N) is 1. The highest BCUT2D eigenvalue weighted by molar-refractivity contribution is 9.10. The van der Waals surface area contributed by atoms with E-state index in [1.807, 2.05) is 25.1 Å². The van der Waals surface area contributed by atoms with E-state index in [0.717, 1.165) is 27.0 Å². The number of halogens is 1. The van der Waals surface area contributed by atoms with Gasteiger partial charge >= 0.3 is 0 Å². The first-order chi connectivity index (χ1) is 11.3. The van der Waals surface area contributed by atoms with Gasteiger partial charge in [-0.25, -0.2) is 0 Å². The lowest BCUT2D eigenvalue weighted by Crippen LogP contribution is -2.26. The standard InChI is InChI=1S/C20H24BrNO2/c1-6-20(23)22(5)18-9-7-8-17(21)16(18)12-24-19-11-14(3)13(2)10-15(19)4/h7-11H,6,12H2,1-5H3. The van der Waals surface area contributed by atoms with Crippen LogP contribution in [-0.2, 0) is 11.4 Å². The number of carbonyl (C=O) groups excluding carboxylic acids is 1. The molecule has 0 unspecified atom stereocenters. The van der Waals surface area contributed by atoms with Gasteiger partial charge in [0.05, 0.1) is 5.69 Å². The Morgan fingerprint density at radius 2 is 1.79 bits per heavy atom. The molecule has 0 bridgehead atoms. The second kappa shape index (κ2) is 7.84. The van der Waals surface area contributed by atoms with Gasteiger partial charge in [0.1, 0.15) is 12.4 Å². The summed E-state index contributed by atoms with van der Waals surface area (Å²) in [5.74, 6) is 0.959. The Morgan fingerprint density at radius 3 is 2.46 bits per heavy atom. The van der Waals surface area contributed by atoms with E-state index in [1.165, 1.54) is 11.1 Å². The van der Waals surface area contributed by atoms with Crippen molar-refractivity contribution >= 4 is 27.5 Å². The molecule has 0 saturated heterocycles. The average Bonchev–Trinajstić information content (AvgIpc) is 2.56. The van der Waals surface area contributed by atoms with Gasteiger partial charge in [0.15, 0.2) is 0 Å². The van der Waals surface area contributed by atoms with Gasteiger partial charge < -0.3 is 9.64 Å². The molecule has 128 valence electrons. The molecule has 0 aromatic heterocycles. The minimum Gasteiger partial charge on any atom is -0.489 e. The molecule has 0 fully saturated rings. The van der Waals surface area contributed by atoms with E-state index in [4.69, 9.17) is 4.74 Å². The highest BCUT2D eigenvalue weighted by Crippen LogP contribution is 2.30. The largest absolute Gasteiger partial charge is 0.489 e. The molecule has 0 aliphatic carbocycles. The maximum atomic E-state index is 12.1. The fourth-order valence-electron chi connectivity index (χ4n) is 2.62. The van der Waals surface area contributed by atoms with Crippen LogP contribution < -0.4 is 9.64 Å². The quantitative estimate of drug-likeness (QED) is 0.691. The van der Waals surface area contributed by atoms with Gasteiger partial charge in [0, 0.05) is 23.5 Å². The zero-order chi connectivity index (χ0) is 17.9. The molecule has 0 atom stereocenters. The first-order valence-corrected chi connectivity index (χ1v) is 8.89. The van der Waals surface area contributed by atoms with Gasteiger partial charge in [-0.1, -0.05) is 35.0 Å². The van der Waals surface area contributed by atoms with Gasteiger partial charge in [0.2, 0.25) is 5.91 Å². The van der Waals surface area contributed by atoms with Crippen molar-refractivity contribution in [3.63, 3.8) is 0 Å². The van der Waals surface area contributed by atoms with Crippen molar-refractivity contribution in [3.8, 4) is 5.75 Å². The fourth-order valence-corrected chi connectivity index (χ4v) is 3.09. The number of amides is 1. The molecule has 3 nitrogen and oxygen atoms in total. The summed E-state index contributed by atoms with van der Waals surface area (Å²) in [4.78, 5) is 13.7. The van der Waals surface area contributed by atoms with Crippen molar-refractivity contribution in [1.82, 2.24) is 0 Å². The summed E-state index contributed by atoms with van der Waals surface area (Å²) in [5, 5.41) is 0. The van der Waals surface area contributed by atoms with E-state index in [2.05, 4.69) is 48.8 Å². The van der Waals surface area contributed by atoms with E-state index in [9.17, 15) is 4.79 Å². The van der Waals surface area contributed by atoms with Crippen molar-refractivity contribution in [2.24, 2.45) is 0 Å². The van der Waals surface area contributed by atoms with Gasteiger partial charge in [0.25, 0.3) is 0 Å². The van der Waals surface area contributed by atoms with Gasteiger partial charge in [-0.3, -0.25) is 4.79 Å². The molecular formula is C20H24BrNO2. The zero-order valence-electron chi connectivity index (χ0n) is 14.9. The second-order valence-electron chi connectivity index (χ2n) is 6.03. The lowest BCUT2D eigenvalue weighted by molar-refractivity contribution is -0.118. The first-order valence-electron chi connectivity index (χ1n) is 8.09. The van der Waals surface area contributed by atoms with Crippen molar-refractivity contribution in [2.45, 2.75) is 40.7 Å². The Balaban J connectivity index is 2.30. The average molecular weight is 390 g/mol. The maximum Gasteiger partial charge on any atom is 0.226 e. The van der Waals surface area contributed by atoms with E-state index in [-0.39, 0.29) is 5.91 Å². The second-order valence-corrected chi connectivity index (χ2v) is 6.89. The number of anilines is 1. The molecule has 0 radical (unpaired) electrons. The topological polar surface area (TPSA) is 29.5 Å². The summed E-state index contributed by atoms with van der Waals surface area (Å²) in [6.07, 6.45) is 0.472. The molecule has 2 rings (SSSR count). The number of ether oxygens (including phenoxy) is 1. The van der Waals surface area contributed by atoms with E-state index < -0.39 is 0 Å². The summed E-state index contributed by atoms with van der Waals surface area (Å²) in [5.41, 5.74) is 5.43. The normalized spacial score (nSPS) is 10.6. The highest BCUT2D eigenvalue weighted by atomic mass is 79.9. The zero-order valence-corrected chi connectivity index (χ0v) is 16.5. The third-order valence-electron chi connectivity index (χ3n) is 4.30.